The van der Waals surface area contributed by atoms with Gasteiger partial charge in [0.2, 0.25) is 5.88 Å². The third-order valence-electron chi connectivity index (χ3n) is 4.10. The maximum atomic E-state index is 5.77. The lowest BCUT2D eigenvalue weighted by atomic mass is 9.96. The molecule has 5 nitrogen and oxygen atoms in total. The Labute approximate surface area is 131 Å². The summed E-state index contributed by atoms with van der Waals surface area (Å²) >= 11 is 0. The van der Waals surface area contributed by atoms with E-state index in [1.807, 2.05) is 18.2 Å². The first-order chi connectivity index (χ1) is 10.8. The molecule has 0 atom stereocenters. The molecule has 0 aromatic carbocycles. The lowest BCUT2D eigenvalue weighted by molar-refractivity contribution is 0.289. The normalized spacial score (nSPS) is 15.9. The fourth-order valence-corrected chi connectivity index (χ4v) is 2.90. The summed E-state index contributed by atoms with van der Waals surface area (Å²) in [6.07, 6.45) is 8.41. The van der Waals surface area contributed by atoms with E-state index in [2.05, 4.69) is 15.3 Å². The van der Waals surface area contributed by atoms with E-state index in [9.17, 15) is 0 Å². The fraction of sp³-hybridized carbons (Fsp3) is 0.529. The first-order valence-corrected chi connectivity index (χ1v) is 8.02. The van der Waals surface area contributed by atoms with Gasteiger partial charge >= 0.3 is 0 Å². The van der Waals surface area contributed by atoms with E-state index >= 15 is 0 Å². The monoisotopic (exact) mass is 301 g/mol. The Bertz CT molecular complexity index is 612. The number of aromatic nitrogens is 2. The van der Waals surface area contributed by atoms with Crippen LogP contribution in [-0.2, 0) is 0 Å². The van der Waals surface area contributed by atoms with Crippen molar-refractivity contribution in [2.24, 2.45) is 0 Å². The summed E-state index contributed by atoms with van der Waals surface area (Å²) in [6, 6.07) is 6.28. The lowest BCUT2D eigenvalue weighted by Crippen LogP contribution is -2.34. The van der Waals surface area contributed by atoms with Gasteiger partial charge in [-0.1, -0.05) is 19.3 Å². The predicted octanol–water partition coefficient (Wildman–Crippen LogP) is 2.94. The molecule has 1 aliphatic carbocycles. The van der Waals surface area contributed by atoms with E-state index < -0.39 is 0 Å². The van der Waals surface area contributed by atoms with Gasteiger partial charge in [0.15, 0.2) is 0 Å². The van der Waals surface area contributed by atoms with E-state index in [1.165, 1.54) is 32.1 Å². The molecule has 1 N–H and O–H groups in total. The lowest BCUT2D eigenvalue weighted by Gasteiger charge is -2.22. The van der Waals surface area contributed by atoms with Crippen LogP contribution in [0, 0.1) is 0 Å². The van der Waals surface area contributed by atoms with Gasteiger partial charge < -0.3 is 14.8 Å². The minimum Gasteiger partial charge on any atom is -0.491 e. The second-order valence-electron chi connectivity index (χ2n) is 5.70. The zero-order chi connectivity index (χ0) is 15.2. The summed E-state index contributed by atoms with van der Waals surface area (Å²) in [5, 5.41) is 3.57. The Hall–Kier alpha value is -1.88. The largest absolute Gasteiger partial charge is 0.491 e. The molecule has 1 saturated carbocycles. The van der Waals surface area contributed by atoms with Crippen molar-refractivity contribution < 1.29 is 9.47 Å². The third kappa shape index (κ3) is 3.85. The van der Waals surface area contributed by atoms with Crippen LogP contribution in [0.1, 0.15) is 32.1 Å². The van der Waals surface area contributed by atoms with Gasteiger partial charge in [0.1, 0.15) is 12.4 Å². The molecule has 0 spiro atoms. The van der Waals surface area contributed by atoms with Crippen molar-refractivity contribution in [1.82, 2.24) is 15.3 Å². The zero-order valence-corrected chi connectivity index (χ0v) is 13.0. The van der Waals surface area contributed by atoms with Gasteiger partial charge in [-0.15, -0.1) is 0 Å². The molecule has 0 bridgehead atoms. The highest BCUT2D eigenvalue weighted by Crippen LogP contribution is 2.20. The van der Waals surface area contributed by atoms with Crippen LogP contribution in [0.4, 0.5) is 0 Å². The minimum atomic E-state index is 0.588. The van der Waals surface area contributed by atoms with Gasteiger partial charge in [0.05, 0.1) is 24.3 Å². The molecule has 0 saturated heterocycles. The number of hydrogen-bond donors (Lipinski definition) is 1. The fourth-order valence-electron chi connectivity index (χ4n) is 2.90. The van der Waals surface area contributed by atoms with Crippen LogP contribution in [-0.4, -0.2) is 36.3 Å². The molecule has 0 unspecified atom stereocenters. The Kier molecular flexibility index (Phi) is 5.06. The molecule has 1 fully saturated rings. The van der Waals surface area contributed by atoms with Crippen LogP contribution in [0.15, 0.2) is 24.4 Å². The third-order valence-corrected chi connectivity index (χ3v) is 4.10. The number of hydrogen-bond acceptors (Lipinski definition) is 5. The average Bonchev–Trinajstić information content (AvgIpc) is 2.59. The molecular weight excluding hydrogens is 278 g/mol. The van der Waals surface area contributed by atoms with Crippen molar-refractivity contribution in [3.05, 3.63) is 24.4 Å². The highest BCUT2D eigenvalue weighted by Gasteiger charge is 2.11. The summed E-state index contributed by atoms with van der Waals surface area (Å²) < 4.78 is 10.9. The van der Waals surface area contributed by atoms with Crippen molar-refractivity contribution in [3.63, 3.8) is 0 Å². The van der Waals surface area contributed by atoms with Crippen LogP contribution in [0.5, 0.6) is 11.6 Å². The smallest absolute Gasteiger partial charge is 0.213 e. The van der Waals surface area contributed by atoms with E-state index in [0.29, 0.717) is 18.5 Å². The summed E-state index contributed by atoms with van der Waals surface area (Å²) in [5.41, 5.74) is 1.63. The topological polar surface area (TPSA) is 56.3 Å². The van der Waals surface area contributed by atoms with Gasteiger partial charge in [0, 0.05) is 24.7 Å². The van der Waals surface area contributed by atoms with Gasteiger partial charge in [-0.3, -0.25) is 4.98 Å². The molecule has 3 rings (SSSR count). The number of pyridine rings is 2. The van der Waals surface area contributed by atoms with Crippen molar-refractivity contribution in [3.8, 4) is 11.6 Å². The molecule has 0 radical (unpaired) electrons. The van der Waals surface area contributed by atoms with E-state index in [-0.39, 0.29) is 0 Å². The highest BCUT2D eigenvalue weighted by atomic mass is 16.5. The molecule has 22 heavy (non-hydrogen) atoms. The van der Waals surface area contributed by atoms with Crippen LogP contribution in [0.2, 0.25) is 0 Å². The maximum Gasteiger partial charge on any atom is 0.213 e. The Balaban J connectivity index is 1.52. The number of ether oxygens (including phenoxy) is 2. The number of fused-ring (bicyclic) bond motifs is 1. The minimum absolute atomic E-state index is 0.588. The Morgan fingerprint density at radius 2 is 2.05 bits per heavy atom. The molecule has 0 amide bonds. The highest BCUT2D eigenvalue weighted by molar-refractivity contribution is 5.75. The van der Waals surface area contributed by atoms with Gasteiger partial charge in [-0.2, -0.15) is 0 Å². The standard InChI is InChI=1S/C17H23N3O2/c1-21-17-8-7-15-16(20-17)11-14(12-19-15)22-10-9-18-13-5-3-2-4-6-13/h7-8,11-13,18H,2-6,9-10H2,1H3. The van der Waals surface area contributed by atoms with Gasteiger partial charge in [-0.25, -0.2) is 4.98 Å². The van der Waals surface area contributed by atoms with Crippen LogP contribution in [0.25, 0.3) is 11.0 Å². The number of nitrogens with one attached hydrogen (secondary N) is 1. The second kappa shape index (κ2) is 7.40. The molecule has 2 heterocycles. The Morgan fingerprint density at radius 3 is 2.86 bits per heavy atom. The van der Waals surface area contributed by atoms with Crippen molar-refractivity contribution >= 4 is 11.0 Å². The first-order valence-electron chi connectivity index (χ1n) is 8.02. The summed E-state index contributed by atoms with van der Waals surface area (Å²) in [7, 11) is 1.61. The average molecular weight is 301 g/mol. The van der Waals surface area contributed by atoms with Crippen molar-refractivity contribution in [1.29, 1.82) is 0 Å². The van der Waals surface area contributed by atoms with E-state index in [4.69, 9.17) is 9.47 Å². The summed E-state index contributed by atoms with van der Waals surface area (Å²) in [4.78, 5) is 8.74. The van der Waals surface area contributed by atoms with Crippen LogP contribution >= 0.6 is 0 Å². The zero-order valence-electron chi connectivity index (χ0n) is 13.0. The van der Waals surface area contributed by atoms with Crippen LogP contribution < -0.4 is 14.8 Å². The second-order valence-corrected chi connectivity index (χ2v) is 5.70. The van der Waals surface area contributed by atoms with Gasteiger partial charge in [0.25, 0.3) is 0 Å². The number of methoxy groups -OCH3 is 1. The van der Waals surface area contributed by atoms with Crippen LogP contribution in [0.3, 0.4) is 0 Å². The molecule has 0 aliphatic heterocycles. The van der Waals surface area contributed by atoms with Crippen molar-refractivity contribution in [2.45, 2.75) is 38.1 Å². The number of nitrogens with zero attached hydrogens (tertiary/aromatic N) is 2. The molecular formula is C17H23N3O2. The predicted molar refractivity (Wildman–Crippen MR) is 86.5 cm³/mol. The first kappa shape index (κ1) is 15.0. The Morgan fingerprint density at radius 1 is 1.18 bits per heavy atom. The van der Waals surface area contributed by atoms with Gasteiger partial charge in [-0.05, 0) is 18.9 Å². The van der Waals surface area contributed by atoms with Crippen molar-refractivity contribution in [2.75, 3.05) is 20.3 Å². The summed E-state index contributed by atoms with van der Waals surface area (Å²) in [5.74, 6) is 1.34. The van der Waals surface area contributed by atoms with E-state index in [0.717, 1.165) is 23.3 Å². The van der Waals surface area contributed by atoms with E-state index in [1.54, 1.807) is 13.3 Å². The molecule has 5 heteroatoms. The molecule has 118 valence electrons. The molecule has 1 aliphatic rings. The SMILES string of the molecule is COc1ccc2ncc(OCCNC3CCCCC3)cc2n1. The number of rotatable bonds is 6. The molecule has 2 aromatic heterocycles. The molecule has 2 aromatic rings. The quantitative estimate of drug-likeness (QED) is 0.831. The summed E-state index contributed by atoms with van der Waals surface area (Å²) in [6.45, 7) is 1.52. The maximum absolute atomic E-state index is 5.77.